The third-order valence-electron chi connectivity index (χ3n) is 1.35. The summed E-state index contributed by atoms with van der Waals surface area (Å²) in [6.45, 7) is 3.65. The third-order valence-corrected chi connectivity index (χ3v) is 2.04. The Morgan fingerprint density at radius 1 is 1.38 bits per heavy atom. The first-order valence-electron chi connectivity index (χ1n) is 4.53. The Morgan fingerprint density at radius 2 is 2.06 bits per heavy atom. The number of halogens is 3. The standard InChI is InChI=1S/C11H13Cl2IN2/c1-9(12)7-11(13)8-16-10(2)3-5-15-6-4-14/h3-8,11H,1-2H3/b6-4+,9-7+,10-3+,15-5-,16-8?. The maximum atomic E-state index is 5.92. The van der Waals surface area contributed by atoms with Crippen LogP contribution in [0.4, 0.5) is 0 Å². The molecule has 88 valence electrons. The molecular formula is C11H13Cl2IN2. The van der Waals surface area contributed by atoms with Crippen molar-refractivity contribution in [2.45, 2.75) is 19.2 Å². The van der Waals surface area contributed by atoms with Crippen LogP contribution in [0.15, 0.2) is 43.1 Å². The van der Waals surface area contributed by atoms with Gasteiger partial charge in [0.1, 0.15) is 0 Å². The minimum Gasteiger partial charge on any atom is -0.264 e. The van der Waals surface area contributed by atoms with Crippen molar-refractivity contribution in [1.29, 1.82) is 0 Å². The minimum absolute atomic E-state index is 0.285. The monoisotopic (exact) mass is 370 g/mol. The van der Waals surface area contributed by atoms with E-state index in [4.69, 9.17) is 23.2 Å². The van der Waals surface area contributed by atoms with Crippen LogP contribution in [0.3, 0.4) is 0 Å². The van der Waals surface area contributed by atoms with Gasteiger partial charge in [-0.1, -0.05) is 34.2 Å². The average Bonchev–Trinajstić information content (AvgIpc) is 2.20. The molecule has 0 amide bonds. The molecule has 1 atom stereocenters. The lowest BCUT2D eigenvalue weighted by Crippen LogP contribution is -1.95. The first-order chi connectivity index (χ1) is 7.56. The summed E-state index contributed by atoms with van der Waals surface area (Å²) >= 11 is 13.7. The van der Waals surface area contributed by atoms with Crippen LogP contribution in [0.25, 0.3) is 0 Å². The van der Waals surface area contributed by atoms with Crippen LogP contribution in [0.5, 0.6) is 0 Å². The van der Waals surface area contributed by atoms with E-state index in [0.717, 1.165) is 5.70 Å². The van der Waals surface area contributed by atoms with Crippen LogP contribution < -0.4 is 0 Å². The summed E-state index contributed by atoms with van der Waals surface area (Å²) in [5.74, 6) is 0. The molecule has 0 saturated heterocycles. The molecule has 1 unspecified atom stereocenters. The van der Waals surface area contributed by atoms with Gasteiger partial charge in [0, 0.05) is 29.4 Å². The van der Waals surface area contributed by atoms with E-state index in [2.05, 4.69) is 32.6 Å². The van der Waals surface area contributed by atoms with E-state index in [1.54, 1.807) is 37.7 Å². The third kappa shape index (κ3) is 10.4. The Morgan fingerprint density at radius 3 is 2.62 bits per heavy atom. The number of rotatable bonds is 5. The second-order valence-electron chi connectivity index (χ2n) is 2.86. The van der Waals surface area contributed by atoms with Crippen molar-refractivity contribution in [1.82, 2.24) is 0 Å². The van der Waals surface area contributed by atoms with E-state index in [0.29, 0.717) is 5.03 Å². The molecule has 0 fully saturated rings. The zero-order chi connectivity index (χ0) is 12.4. The summed E-state index contributed by atoms with van der Waals surface area (Å²) in [7, 11) is 0. The van der Waals surface area contributed by atoms with Gasteiger partial charge in [-0.25, -0.2) is 0 Å². The topological polar surface area (TPSA) is 24.7 Å². The van der Waals surface area contributed by atoms with Gasteiger partial charge in [-0.2, -0.15) is 0 Å². The summed E-state index contributed by atoms with van der Waals surface area (Å²) in [5, 5.41) is 0.369. The van der Waals surface area contributed by atoms with Gasteiger partial charge < -0.3 is 0 Å². The van der Waals surface area contributed by atoms with Crippen LogP contribution in [0.2, 0.25) is 0 Å². The molecule has 0 radical (unpaired) electrons. The quantitative estimate of drug-likeness (QED) is 0.381. The Balaban J connectivity index is 4.27. The summed E-state index contributed by atoms with van der Waals surface area (Å²) in [6.07, 6.45) is 8.51. The highest BCUT2D eigenvalue weighted by Gasteiger charge is 1.94. The molecule has 0 aliphatic carbocycles. The predicted octanol–water partition coefficient (Wildman–Crippen LogP) is 4.69. The molecule has 0 spiro atoms. The first kappa shape index (κ1) is 15.9. The second-order valence-corrected chi connectivity index (χ2v) is 4.68. The maximum Gasteiger partial charge on any atom is 0.0882 e. The smallest absolute Gasteiger partial charge is 0.0882 e. The molecule has 0 aliphatic rings. The molecule has 0 saturated carbocycles. The Bertz CT molecular complexity index is 340. The van der Waals surface area contributed by atoms with E-state index < -0.39 is 0 Å². The summed E-state index contributed by atoms with van der Waals surface area (Å²) < 4.78 is 1.82. The molecule has 0 aromatic carbocycles. The molecule has 0 aromatic heterocycles. The van der Waals surface area contributed by atoms with Crippen molar-refractivity contribution >= 4 is 58.2 Å². The highest BCUT2D eigenvalue weighted by Crippen LogP contribution is 2.05. The van der Waals surface area contributed by atoms with Crippen molar-refractivity contribution in [3.8, 4) is 0 Å². The zero-order valence-corrected chi connectivity index (χ0v) is 12.7. The molecule has 0 heterocycles. The fraction of sp³-hybridized carbons (Fsp3) is 0.273. The van der Waals surface area contributed by atoms with Gasteiger partial charge in [0.25, 0.3) is 0 Å². The van der Waals surface area contributed by atoms with Crippen LogP contribution in [-0.2, 0) is 0 Å². The maximum absolute atomic E-state index is 5.92. The van der Waals surface area contributed by atoms with Gasteiger partial charge in [0.05, 0.1) is 5.38 Å². The molecule has 0 aromatic rings. The van der Waals surface area contributed by atoms with Gasteiger partial charge >= 0.3 is 0 Å². The van der Waals surface area contributed by atoms with Crippen molar-refractivity contribution in [2.75, 3.05) is 0 Å². The first-order valence-corrected chi connectivity index (χ1v) is 6.59. The fourth-order valence-corrected chi connectivity index (χ4v) is 1.36. The van der Waals surface area contributed by atoms with E-state index >= 15 is 0 Å². The Labute approximate surface area is 120 Å². The predicted molar refractivity (Wildman–Crippen MR) is 83.2 cm³/mol. The van der Waals surface area contributed by atoms with Gasteiger partial charge in [-0.05, 0) is 30.1 Å². The van der Waals surface area contributed by atoms with Crippen molar-refractivity contribution < 1.29 is 0 Å². The van der Waals surface area contributed by atoms with Crippen molar-refractivity contribution in [2.24, 2.45) is 9.98 Å². The molecule has 5 heteroatoms. The zero-order valence-electron chi connectivity index (χ0n) is 9.07. The molecule has 16 heavy (non-hydrogen) atoms. The number of hydrogen-bond donors (Lipinski definition) is 0. The summed E-state index contributed by atoms with van der Waals surface area (Å²) in [6, 6.07) is 0. The Hall–Kier alpha value is -0.130. The lowest BCUT2D eigenvalue weighted by Gasteiger charge is -1.95. The Kier molecular flexibility index (Phi) is 9.97. The summed E-state index contributed by atoms with van der Waals surface area (Å²) in [4.78, 5) is 8.13. The van der Waals surface area contributed by atoms with E-state index in [1.807, 2.05) is 11.0 Å². The molecular weight excluding hydrogens is 358 g/mol. The molecule has 0 rings (SSSR count). The number of nitrogens with zero attached hydrogens (tertiary/aromatic N) is 2. The van der Waals surface area contributed by atoms with Gasteiger partial charge in [-0.3, -0.25) is 9.98 Å². The van der Waals surface area contributed by atoms with Gasteiger partial charge in [0.15, 0.2) is 0 Å². The molecule has 0 bridgehead atoms. The lowest BCUT2D eigenvalue weighted by atomic mass is 10.4. The number of allylic oxidation sites excluding steroid dienone is 4. The van der Waals surface area contributed by atoms with Crippen molar-refractivity contribution in [3.05, 3.63) is 33.2 Å². The molecule has 0 aliphatic heterocycles. The largest absolute Gasteiger partial charge is 0.264 e. The SMILES string of the molecule is C/C(Cl)=C\C(Cl)C=N/C(C)=C/C=N\C=C\I. The van der Waals surface area contributed by atoms with E-state index in [-0.39, 0.29) is 5.38 Å². The molecule has 0 N–H and O–H groups in total. The second kappa shape index (κ2) is 10.1. The highest BCUT2D eigenvalue weighted by molar-refractivity contribution is 14.1. The van der Waals surface area contributed by atoms with Crippen LogP contribution in [0.1, 0.15) is 13.8 Å². The number of alkyl halides is 1. The fourth-order valence-electron chi connectivity index (χ4n) is 0.727. The summed E-state index contributed by atoms with van der Waals surface area (Å²) in [5.41, 5.74) is 0.830. The van der Waals surface area contributed by atoms with E-state index in [1.165, 1.54) is 0 Å². The van der Waals surface area contributed by atoms with Gasteiger partial charge in [-0.15, -0.1) is 11.6 Å². The van der Waals surface area contributed by atoms with E-state index in [9.17, 15) is 0 Å². The molecule has 2 nitrogen and oxygen atoms in total. The lowest BCUT2D eigenvalue weighted by molar-refractivity contribution is 1.30. The normalized spacial score (nSPS) is 16.8. The van der Waals surface area contributed by atoms with Crippen LogP contribution >= 0.6 is 45.8 Å². The van der Waals surface area contributed by atoms with Crippen molar-refractivity contribution in [3.63, 3.8) is 0 Å². The average molecular weight is 371 g/mol. The number of aliphatic imine (C=N–C) groups is 2. The van der Waals surface area contributed by atoms with Crippen LogP contribution in [-0.4, -0.2) is 17.8 Å². The minimum atomic E-state index is -0.285. The highest BCUT2D eigenvalue weighted by atomic mass is 127. The van der Waals surface area contributed by atoms with Crippen LogP contribution in [0, 0.1) is 0 Å². The number of hydrogen-bond acceptors (Lipinski definition) is 2. The van der Waals surface area contributed by atoms with Gasteiger partial charge in [0.2, 0.25) is 0 Å².